The number of hydrogen-bond acceptors (Lipinski definition) is 3. The molecule has 0 saturated carbocycles. The van der Waals surface area contributed by atoms with E-state index in [9.17, 15) is 4.79 Å². The molecule has 0 aliphatic heterocycles. The first-order chi connectivity index (χ1) is 6.15. The Hall–Kier alpha value is -1.71. The molecule has 0 aliphatic carbocycles. The molecule has 1 amide bonds. The average molecular weight is 180 g/mol. The lowest BCUT2D eigenvalue weighted by Gasteiger charge is -2.07. The van der Waals surface area contributed by atoms with Crippen LogP contribution in [0.3, 0.4) is 0 Å². The lowest BCUT2D eigenvalue weighted by atomic mass is 10.2. The fraction of sp³-hybridized carbons (Fsp3) is 0.222. The third-order valence-electron chi connectivity index (χ3n) is 1.73. The van der Waals surface area contributed by atoms with Gasteiger partial charge in [-0.15, -0.1) is 0 Å². The van der Waals surface area contributed by atoms with Gasteiger partial charge in [-0.1, -0.05) is 6.07 Å². The summed E-state index contributed by atoms with van der Waals surface area (Å²) in [6, 6.07) is 5.19. The van der Waals surface area contributed by atoms with E-state index in [-0.39, 0.29) is 0 Å². The fourth-order valence-corrected chi connectivity index (χ4v) is 0.893. The first-order valence-electron chi connectivity index (χ1n) is 3.90. The highest BCUT2D eigenvalue weighted by molar-refractivity contribution is 5.71. The van der Waals surface area contributed by atoms with E-state index in [1.807, 2.05) is 0 Å². The molecule has 1 aromatic carbocycles. The number of nitrogen functional groups attached to an aromatic ring is 1. The second kappa shape index (κ2) is 3.80. The summed E-state index contributed by atoms with van der Waals surface area (Å²) in [5.74, 6) is 0.486. The fourth-order valence-electron chi connectivity index (χ4n) is 0.893. The number of hydrogen-bond donors (Lipinski definition) is 2. The summed E-state index contributed by atoms with van der Waals surface area (Å²) >= 11 is 0. The van der Waals surface area contributed by atoms with E-state index >= 15 is 0 Å². The summed E-state index contributed by atoms with van der Waals surface area (Å²) < 4.78 is 4.95. The van der Waals surface area contributed by atoms with Crippen molar-refractivity contribution in [2.75, 3.05) is 12.8 Å². The Kier molecular flexibility index (Phi) is 2.74. The molecule has 0 atom stereocenters. The summed E-state index contributed by atoms with van der Waals surface area (Å²) in [5.41, 5.74) is 7.01. The van der Waals surface area contributed by atoms with Gasteiger partial charge >= 0.3 is 6.09 Å². The molecule has 4 heteroatoms. The Morgan fingerprint density at radius 3 is 2.85 bits per heavy atom. The van der Waals surface area contributed by atoms with Crippen LogP contribution in [0.1, 0.15) is 5.56 Å². The van der Waals surface area contributed by atoms with Gasteiger partial charge in [0.1, 0.15) is 5.75 Å². The number of benzene rings is 1. The van der Waals surface area contributed by atoms with Crippen LogP contribution in [0.25, 0.3) is 0 Å². The van der Waals surface area contributed by atoms with Gasteiger partial charge in [0.2, 0.25) is 0 Å². The van der Waals surface area contributed by atoms with Gasteiger partial charge < -0.3 is 15.8 Å². The molecule has 0 aromatic heterocycles. The molecule has 1 aromatic rings. The summed E-state index contributed by atoms with van der Waals surface area (Å²) in [6.45, 7) is 1.80. The number of nitrogens with one attached hydrogen (secondary N) is 1. The average Bonchev–Trinajstić information content (AvgIpc) is 2.13. The zero-order chi connectivity index (χ0) is 9.84. The Bertz CT molecular complexity index is 323. The minimum Gasteiger partial charge on any atom is -0.410 e. The van der Waals surface area contributed by atoms with Crippen molar-refractivity contribution in [3.63, 3.8) is 0 Å². The number of nitrogens with two attached hydrogens (primary N) is 1. The molecule has 1 rings (SSSR count). The monoisotopic (exact) mass is 180 g/mol. The summed E-state index contributed by atoms with van der Waals surface area (Å²) in [6.07, 6.45) is -0.492. The SMILES string of the molecule is CNC(=O)Oc1cccc(N)c1C. The Labute approximate surface area is 76.7 Å². The topological polar surface area (TPSA) is 64.3 Å². The molecular formula is C9H12N2O2. The third kappa shape index (κ3) is 2.11. The molecule has 13 heavy (non-hydrogen) atoms. The van der Waals surface area contributed by atoms with E-state index in [4.69, 9.17) is 10.5 Å². The van der Waals surface area contributed by atoms with Crippen molar-refractivity contribution in [3.05, 3.63) is 23.8 Å². The quantitative estimate of drug-likeness (QED) is 0.640. The highest BCUT2D eigenvalue weighted by atomic mass is 16.6. The molecule has 4 nitrogen and oxygen atoms in total. The number of carbonyl (C=O) groups excluding carboxylic acids is 1. The second-order valence-electron chi connectivity index (χ2n) is 2.61. The van der Waals surface area contributed by atoms with Gasteiger partial charge in [-0.25, -0.2) is 4.79 Å². The molecule has 0 radical (unpaired) electrons. The number of carbonyl (C=O) groups is 1. The van der Waals surface area contributed by atoms with Gasteiger partial charge in [-0.2, -0.15) is 0 Å². The van der Waals surface area contributed by atoms with Gasteiger partial charge in [-0.05, 0) is 19.1 Å². The zero-order valence-electron chi connectivity index (χ0n) is 7.63. The number of amides is 1. The van der Waals surface area contributed by atoms with Crippen LogP contribution < -0.4 is 15.8 Å². The lowest BCUT2D eigenvalue weighted by Crippen LogP contribution is -2.22. The van der Waals surface area contributed by atoms with Crippen molar-refractivity contribution in [2.24, 2.45) is 0 Å². The van der Waals surface area contributed by atoms with Gasteiger partial charge in [0.15, 0.2) is 0 Å². The van der Waals surface area contributed by atoms with Crippen molar-refractivity contribution in [1.29, 1.82) is 0 Å². The van der Waals surface area contributed by atoms with Crippen LogP contribution in [-0.4, -0.2) is 13.1 Å². The molecule has 0 unspecified atom stereocenters. The molecule has 70 valence electrons. The standard InChI is InChI=1S/C9H12N2O2/c1-6-7(10)4-3-5-8(6)13-9(12)11-2/h3-5H,10H2,1-2H3,(H,11,12). The number of anilines is 1. The highest BCUT2D eigenvalue weighted by Crippen LogP contribution is 2.22. The van der Waals surface area contributed by atoms with Crippen molar-refractivity contribution in [2.45, 2.75) is 6.92 Å². The molecule has 0 bridgehead atoms. The largest absolute Gasteiger partial charge is 0.412 e. The van der Waals surface area contributed by atoms with E-state index < -0.39 is 6.09 Å². The molecular weight excluding hydrogens is 168 g/mol. The molecule has 0 spiro atoms. The van der Waals surface area contributed by atoms with Crippen molar-refractivity contribution in [3.8, 4) is 5.75 Å². The van der Waals surface area contributed by atoms with Gasteiger partial charge in [-0.3, -0.25) is 0 Å². The van der Waals surface area contributed by atoms with Crippen LogP contribution in [0.5, 0.6) is 5.75 Å². The Morgan fingerprint density at radius 1 is 1.54 bits per heavy atom. The maximum atomic E-state index is 10.9. The number of ether oxygens (including phenoxy) is 1. The van der Waals surface area contributed by atoms with Crippen LogP contribution in [-0.2, 0) is 0 Å². The highest BCUT2D eigenvalue weighted by Gasteiger charge is 2.05. The van der Waals surface area contributed by atoms with Gasteiger partial charge in [0.25, 0.3) is 0 Å². The third-order valence-corrected chi connectivity index (χ3v) is 1.73. The Balaban J connectivity index is 2.89. The normalized spacial score (nSPS) is 9.38. The lowest BCUT2D eigenvalue weighted by molar-refractivity contribution is 0.202. The first kappa shape index (κ1) is 9.38. The van der Waals surface area contributed by atoms with Crippen molar-refractivity contribution >= 4 is 11.8 Å². The summed E-state index contributed by atoms with van der Waals surface area (Å²) in [5, 5.41) is 2.36. The van der Waals surface area contributed by atoms with E-state index in [2.05, 4.69) is 5.32 Å². The Morgan fingerprint density at radius 2 is 2.23 bits per heavy atom. The van der Waals surface area contributed by atoms with Gasteiger partial charge in [0, 0.05) is 18.3 Å². The van der Waals surface area contributed by atoms with Crippen LogP contribution in [0.4, 0.5) is 10.5 Å². The van der Waals surface area contributed by atoms with Crippen LogP contribution >= 0.6 is 0 Å². The first-order valence-corrected chi connectivity index (χ1v) is 3.90. The minimum absolute atomic E-state index is 0.486. The molecule has 0 heterocycles. The molecule has 3 N–H and O–H groups in total. The summed E-state index contributed by atoms with van der Waals surface area (Å²) in [4.78, 5) is 10.9. The van der Waals surface area contributed by atoms with Crippen LogP contribution in [0.2, 0.25) is 0 Å². The van der Waals surface area contributed by atoms with E-state index in [0.29, 0.717) is 11.4 Å². The zero-order valence-corrected chi connectivity index (χ0v) is 7.63. The number of rotatable bonds is 1. The predicted molar refractivity (Wildman–Crippen MR) is 50.7 cm³/mol. The minimum atomic E-state index is -0.492. The molecule has 0 aliphatic rings. The van der Waals surface area contributed by atoms with E-state index in [1.54, 1.807) is 25.1 Å². The van der Waals surface area contributed by atoms with Crippen molar-refractivity contribution in [1.82, 2.24) is 5.32 Å². The predicted octanol–water partition coefficient (Wildman–Crippen LogP) is 1.30. The molecule has 0 saturated heterocycles. The maximum absolute atomic E-state index is 10.9. The second-order valence-corrected chi connectivity index (χ2v) is 2.61. The van der Waals surface area contributed by atoms with Crippen LogP contribution in [0, 0.1) is 6.92 Å². The summed E-state index contributed by atoms with van der Waals surface area (Å²) in [7, 11) is 1.50. The van der Waals surface area contributed by atoms with Crippen LogP contribution in [0.15, 0.2) is 18.2 Å². The van der Waals surface area contributed by atoms with E-state index in [0.717, 1.165) is 5.56 Å². The molecule has 0 fully saturated rings. The van der Waals surface area contributed by atoms with Crippen molar-refractivity contribution < 1.29 is 9.53 Å². The van der Waals surface area contributed by atoms with E-state index in [1.165, 1.54) is 7.05 Å². The maximum Gasteiger partial charge on any atom is 0.412 e. The van der Waals surface area contributed by atoms with Gasteiger partial charge in [0.05, 0.1) is 0 Å². The smallest absolute Gasteiger partial charge is 0.410 e.